The fourth-order valence-corrected chi connectivity index (χ4v) is 2.99. The van der Waals surface area contributed by atoms with Crippen molar-refractivity contribution in [2.75, 3.05) is 6.61 Å². The van der Waals surface area contributed by atoms with Gasteiger partial charge in [0.15, 0.2) is 0 Å². The van der Waals surface area contributed by atoms with Crippen LogP contribution in [0, 0.1) is 6.92 Å². The van der Waals surface area contributed by atoms with Crippen molar-refractivity contribution in [1.29, 1.82) is 0 Å². The van der Waals surface area contributed by atoms with Gasteiger partial charge in [-0.1, -0.05) is 18.2 Å². The molecule has 0 saturated heterocycles. The predicted octanol–water partition coefficient (Wildman–Crippen LogP) is 2.82. The Morgan fingerprint density at radius 2 is 2.33 bits per heavy atom. The fourth-order valence-electron chi connectivity index (χ4n) is 2.34. The van der Waals surface area contributed by atoms with Gasteiger partial charge in [-0.15, -0.1) is 11.3 Å². The second kappa shape index (κ2) is 4.71. The fraction of sp³-hybridized carbons (Fsp3) is 0.357. The molecule has 2 aromatic rings. The molecular weight excluding hydrogens is 244 g/mol. The SMILES string of the molecule is Cc1nc(C(N)c2cccc3c2OCCC3)cs1. The summed E-state index contributed by atoms with van der Waals surface area (Å²) in [6, 6.07) is 6.03. The molecule has 94 valence electrons. The summed E-state index contributed by atoms with van der Waals surface area (Å²) in [4.78, 5) is 4.47. The molecule has 0 saturated carbocycles. The molecule has 1 unspecified atom stereocenters. The molecule has 18 heavy (non-hydrogen) atoms. The number of nitrogens with zero attached hydrogens (tertiary/aromatic N) is 1. The van der Waals surface area contributed by atoms with Gasteiger partial charge in [0.05, 0.1) is 23.4 Å². The van der Waals surface area contributed by atoms with Gasteiger partial charge < -0.3 is 10.5 Å². The van der Waals surface area contributed by atoms with Crippen molar-refractivity contribution in [3.63, 3.8) is 0 Å². The number of fused-ring (bicyclic) bond motifs is 1. The van der Waals surface area contributed by atoms with Gasteiger partial charge in [0.25, 0.3) is 0 Å². The van der Waals surface area contributed by atoms with Gasteiger partial charge in [-0.3, -0.25) is 0 Å². The largest absolute Gasteiger partial charge is 0.493 e. The Balaban J connectivity index is 2.01. The summed E-state index contributed by atoms with van der Waals surface area (Å²) >= 11 is 1.63. The Labute approximate surface area is 111 Å². The molecule has 2 N–H and O–H groups in total. The first-order chi connectivity index (χ1) is 8.75. The number of benzene rings is 1. The van der Waals surface area contributed by atoms with Crippen LogP contribution in [0.2, 0.25) is 0 Å². The first-order valence-corrected chi connectivity index (χ1v) is 7.06. The number of hydrogen-bond acceptors (Lipinski definition) is 4. The third-order valence-electron chi connectivity index (χ3n) is 3.25. The minimum absolute atomic E-state index is 0.192. The lowest BCUT2D eigenvalue weighted by molar-refractivity contribution is 0.284. The monoisotopic (exact) mass is 260 g/mol. The van der Waals surface area contributed by atoms with Crippen molar-refractivity contribution in [2.45, 2.75) is 25.8 Å². The van der Waals surface area contributed by atoms with Crippen LogP contribution in [-0.4, -0.2) is 11.6 Å². The predicted molar refractivity (Wildman–Crippen MR) is 73.1 cm³/mol. The van der Waals surface area contributed by atoms with E-state index in [1.54, 1.807) is 11.3 Å². The molecule has 0 aliphatic carbocycles. The minimum atomic E-state index is -0.192. The van der Waals surface area contributed by atoms with E-state index in [2.05, 4.69) is 17.1 Å². The Morgan fingerprint density at radius 3 is 3.11 bits per heavy atom. The van der Waals surface area contributed by atoms with Crippen LogP contribution in [0.5, 0.6) is 5.75 Å². The summed E-state index contributed by atoms with van der Waals surface area (Å²) in [7, 11) is 0. The van der Waals surface area contributed by atoms with Gasteiger partial charge in [-0.25, -0.2) is 4.98 Å². The normalized spacial score (nSPS) is 15.9. The summed E-state index contributed by atoms with van der Waals surface area (Å²) in [6.07, 6.45) is 2.16. The van der Waals surface area contributed by atoms with E-state index in [9.17, 15) is 0 Å². The van der Waals surface area contributed by atoms with Crippen molar-refractivity contribution in [1.82, 2.24) is 4.98 Å². The smallest absolute Gasteiger partial charge is 0.127 e. The number of rotatable bonds is 2. The lowest BCUT2D eigenvalue weighted by Crippen LogP contribution is -2.17. The maximum atomic E-state index is 6.32. The Hall–Kier alpha value is -1.39. The van der Waals surface area contributed by atoms with E-state index >= 15 is 0 Å². The molecule has 2 heterocycles. The summed E-state index contributed by atoms with van der Waals surface area (Å²) in [5.41, 5.74) is 9.57. The van der Waals surface area contributed by atoms with Gasteiger partial charge in [-0.2, -0.15) is 0 Å². The zero-order valence-corrected chi connectivity index (χ0v) is 11.2. The highest BCUT2D eigenvalue weighted by molar-refractivity contribution is 7.09. The average molecular weight is 260 g/mol. The molecule has 3 nitrogen and oxygen atoms in total. The quantitative estimate of drug-likeness (QED) is 0.903. The summed E-state index contributed by atoms with van der Waals surface area (Å²) < 4.78 is 5.80. The van der Waals surface area contributed by atoms with Crippen molar-refractivity contribution in [3.8, 4) is 5.75 Å². The molecular formula is C14H16N2OS. The third kappa shape index (κ3) is 2.02. The highest BCUT2D eigenvalue weighted by Gasteiger charge is 2.20. The van der Waals surface area contributed by atoms with Crippen LogP contribution in [0.15, 0.2) is 23.6 Å². The molecule has 0 spiro atoms. The number of ether oxygens (including phenoxy) is 1. The number of aromatic nitrogens is 1. The van der Waals surface area contributed by atoms with Gasteiger partial charge in [0.2, 0.25) is 0 Å². The lowest BCUT2D eigenvalue weighted by Gasteiger charge is -2.22. The highest BCUT2D eigenvalue weighted by Crippen LogP contribution is 2.34. The second-order valence-corrected chi connectivity index (χ2v) is 5.62. The van der Waals surface area contributed by atoms with Gasteiger partial charge in [0.1, 0.15) is 5.75 Å². The van der Waals surface area contributed by atoms with E-state index in [1.165, 1.54) is 5.56 Å². The van der Waals surface area contributed by atoms with Crippen LogP contribution in [-0.2, 0) is 6.42 Å². The van der Waals surface area contributed by atoms with E-state index < -0.39 is 0 Å². The summed E-state index contributed by atoms with van der Waals surface area (Å²) in [5.74, 6) is 0.974. The first kappa shape index (κ1) is 11.7. The number of aryl methyl sites for hydroxylation is 2. The molecule has 1 aromatic carbocycles. The second-order valence-electron chi connectivity index (χ2n) is 4.56. The van der Waals surface area contributed by atoms with Crippen LogP contribution >= 0.6 is 11.3 Å². The maximum absolute atomic E-state index is 6.32. The van der Waals surface area contributed by atoms with Crippen molar-refractivity contribution >= 4 is 11.3 Å². The Bertz CT molecular complexity index is 565. The van der Waals surface area contributed by atoms with Gasteiger partial charge >= 0.3 is 0 Å². The molecule has 1 aliphatic heterocycles. The minimum Gasteiger partial charge on any atom is -0.493 e. The van der Waals surface area contributed by atoms with E-state index in [4.69, 9.17) is 10.5 Å². The topological polar surface area (TPSA) is 48.1 Å². The van der Waals surface area contributed by atoms with E-state index in [0.717, 1.165) is 41.5 Å². The number of hydrogen-bond donors (Lipinski definition) is 1. The molecule has 1 aliphatic rings. The molecule has 4 heteroatoms. The van der Waals surface area contributed by atoms with E-state index in [-0.39, 0.29) is 6.04 Å². The molecule has 0 bridgehead atoms. The molecule has 0 amide bonds. The third-order valence-corrected chi connectivity index (χ3v) is 4.05. The van der Waals surface area contributed by atoms with E-state index in [0.29, 0.717) is 0 Å². The van der Waals surface area contributed by atoms with Gasteiger partial charge in [0, 0.05) is 10.9 Å². The molecule has 0 fully saturated rings. The number of thiazole rings is 1. The van der Waals surface area contributed by atoms with E-state index in [1.807, 2.05) is 18.4 Å². The zero-order valence-electron chi connectivity index (χ0n) is 10.3. The lowest BCUT2D eigenvalue weighted by atomic mass is 9.97. The van der Waals surface area contributed by atoms with Crippen molar-refractivity contribution in [3.05, 3.63) is 45.4 Å². The van der Waals surface area contributed by atoms with Gasteiger partial charge in [-0.05, 0) is 25.3 Å². The van der Waals surface area contributed by atoms with Crippen molar-refractivity contribution < 1.29 is 4.74 Å². The van der Waals surface area contributed by atoms with Crippen LogP contribution in [0.1, 0.15) is 34.3 Å². The highest BCUT2D eigenvalue weighted by atomic mass is 32.1. The zero-order chi connectivity index (χ0) is 12.5. The molecule has 1 aromatic heterocycles. The van der Waals surface area contributed by atoms with Crippen LogP contribution in [0.4, 0.5) is 0 Å². The van der Waals surface area contributed by atoms with Crippen LogP contribution in [0.25, 0.3) is 0 Å². The van der Waals surface area contributed by atoms with Crippen LogP contribution < -0.4 is 10.5 Å². The summed E-state index contributed by atoms with van der Waals surface area (Å²) in [6.45, 7) is 2.78. The Morgan fingerprint density at radius 1 is 1.44 bits per heavy atom. The van der Waals surface area contributed by atoms with Crippen LogP contribution in [0.3, 0.4) is 0 Å². The first-order valence-electron chi connectivity index (χ1n) is 6.18. The number of nitrogens with two attached hydrogens (primary N) is 1. The molecule has 1 atom stereocenters. The molecule has 0 radical (unpaired) electrons. The number of para-hydroxylation sites is 1. The summed E-state index contributed by atoms with van der Waals surface area (Å²) in [5, 5.41) is 3.08. The Kier molecular flexibility index (Phi) is 3.06. The maximum Gasteiger partial charge on any atom is 0.127 e. The van der Waals surface area contributed by atoms with Crippen molar-refractivity contribution in [2.24, 2.45) is 5.73 Å². The average Bonchev–Trinajstić information content (AvgIpc) is 2.84. The molecule has 3 rings (SSSR count). The standard InChI is InChI=1S/C14H16N2OS/c1-9-16-12(8-18-9)13(15)11-6-2-4-10-5-3-7-17-14(10)11/h2,4,6,8,13H,3,5,7,15H2,1H3.